The van der Waals surface area contributed by atoms with Crippen molar-refractivity contribution in [3.63, 3.8) is 0 Å². The van der Waals surface area contributed by atoms with Crippen molar-refractivity contribution in [2.45, 2.75) is 20.5 Å². The van der Waals surface area contributed by atoms with E-state index in [4.69, 9.17) is 105 Å². The molecule has 14 rings (SSSR count). The van der Waals surface area contributed by atoms with Crippen LogP contribution in [0.5, 0.6) is 23.0 Å². The van der Waals surface area contributed by atoms with Gasteiger partial charge in [0.1, 0.15) is 57.2 Å². The maximum Gasteiger partial charge on any atom is 0.263 e. The highest BCUT2D eigenvalue weighted by molar-refractivity contribution is 14.0. The zero-order chi connectivity index (χ0) is 67.8. The minimum Gasteiger partial charge on any atom is -0.497 e. The van der Waals surface area contributed by atoms with Crippen LogP contribution in [0.2, 0.25) is 20.1 Å². The summed E-state index contributed by atoms with van der Waals surface area (Å²) < 4.78 is 25.8. The van der Waals surface area contributed by atoms with E-state index in [-0.39, 0.29) is 53.4 Å². The van der Waals surface area contributed by atoms with Gasteiger partial charge in [-0.05, 0) is 109 Å². The third kappa shape index (κ3) is 15.7. The van der Waals surface area contributed by atoms with Gasteiger partial charge in [-0.15, -0.1) is 47.2 Å². The monoisotopic (exact) mass is 1540 g/mol. The van der Waals surface area contributed by atoms with Crippen LogP contribution in [0, 0.1) is 0 Å². The van der Waals surface area contributed by atoms with Crippen molar-refractivity contribution in [3.05, 3.63) is 226 Å². The van der Waals surface area contributed by atoms with Crippen molar-refractivity contribution in [2.24, 2.45) is 26.9 Å². The highest BCUT2D eigenvalue weighted by Crippen LogP contribution is 2.37. The van der Waals surface area contributed by atoms with E-state index in [0.717, 1.165) is 88.4 Å². The van der Waals surface area contributed by atoms with Gasteiger partial charge in [0, 0.05) is 88.7 Å². The fourth-order valence-electron chi connectivity index (χ4n) is 10.8. The Kier molecular flexibility index (Phi) is 25.0. The standard InChI is InChI=1S/C26H23ClN4O3.C17H11Cl2N3O.C17H13ClN4O.C9H13NO2.CH2Cl2.CH4.HI/c1-31-21-11-9-16(27)12-18(21)24(28-14-15-8-10-17(33-2)13-22(15)34-3)23(26(31)32)25-29-19-6-4-5-7-20(19)30-25;2*1-22-13-7-6-9(18)8-10(13)15(19)14(17(22)23)16-20-11-4-2-3-5-12(11)21-16;1-11-8-4-3-7(6-10)9(5-8)12-2;2-1-3;;/h4-13,28H,14H2,1-3H3,(H,29,30);2-8H,1H3,(H,20,21);2-8H,19H2,1H3,(H,20,21);3-5H,6,10H2,1-2H3;1H2;1H4;1H. The number of aromatic amines is 3. The number of fused-ring (bicyclic) bond motifs is 6. The molecule has 0 amide bonds. The molecule has 8 N–H and O–H groups in total. The first-order valence-corrected chi connectivity index (χ1v) is 31.6. The lowest BCUT2D eigenvalue weighted by Gasteiger charge is -2.18. The minimum atomic E-state index is -0.205. The quantitative estimate of drug-likeness (QED) is 0.0521. The number of hydrogen-bond donors (Lipinski definition) is 6. The lowest BCUT2D eigenvalue weighted by molar-refractivity contribution is 0.391. The fraction of sp³-hybridized carbons (Fsp3) is 0.155. The average Bonchev–Trinajstić information content (AvgIpc) is 1.75. The van der Waals surface area contributed by atoms with Gasteiger partial charge < -0.3 is 64.4 Å². The van der Waals surface area contributed by atoms with Crippen LogP contribution in [0.3, 0.4) is 0 Å². The number of pyridine rings is 3. The third-order valence-corrected chi connectivity index (χ3v) is 16.7. The number of anilines is 2. The van der Waals surface area contributed by atoms with Crippen molar-refractivity contribution in [2.75, 3.05) is 44.8 Å². The van der Waals surface area contributed by atoms with Gasteiger partial charge in [0.25, 0.3) is 16.7 Å². The van der Waals surface area contributed by atoms with Crippen LogP contribution < -0.4 is 52.4 Å². The smallest absolute Gasteiger partial charge is 0.263 e. The zero-order valence-corrected chi connectivity index (χ0v) is 59.4. The van der Waals surface area contributed by atoms with Crippen molar-refractivity contribution in [1.82, 2.24) is 43.6 Å². The van der Waals surface area contributed by atoms with E-state index >= 15 is 0 Å². The Morgan fingerprint density at radius 2 is 0.845 bits per heavy atom. The lowest BCUT2D eigenvalue weighted by atomic mass is 10.1. The number of halogens is 7. The van der Waals surface area contributed by atoms with E-state index in [2.05, 4.69) is 30.2 Å². The summed E-state index contributed by atoms with van der Waals surface area (Å²) >= 11 is 34.6. The van der Waals surface area contributed by atoms with Gasteiger partial charge in [0.15, 0.2) is 0 Å². The van der Waals surface area contributed by atoms with Crippen molar-refractivity contribution < 1.29 is 18.9 Å². The Labute approximate surface area is 604 Å². The molecule has 0 saturated heterocycles. The fourth-order valence-corrected chi connectivity index (χ4v) is 11.6. The zero-order valence-electron chi connectivity index (χ0n) is 52.6. The molecule has 0 aliphatic heterocycles. The van der Waals surface area contributed by atoms with E-state index in [1.165, 1.54) is 0 Å². The van der Waals surface area contributed by atoms with Crippen molar-refractivity contribution in [1.29, 1.82) is 0 Å². The summed E-state index contributed by atoms with van der Waals surface area (Å²) in [6.07, 6.45) is 0. The molecule has 502 valence electrons. The number of benzene rings is 8. The van der Waals surface area contributed by atoms with Crippen molar-refractivity contribution >= 4 is 171 Å². The molecule has 6 aromatic heterocycles. The Hall–Kier alpha value is -8.97. The number of aromatic nitrogens is 9. The third-order valence-electron chi connectivity index (χ3n) is 15.6. The molecule has 0 bridgehead atoms. The number of H-pyrrole nitrogens is 3. The maximum absolute atomic E-state index is 13.6. The number of methoxy groups -OCH3 is 4. The number of imidazole rings is 3. The molecule has 0 unspecified atom stereocenters. The van der Waals surface area contributed by atoms with E-state index in [9.17, 15) is 14.4 Å². The van der Waals surface area contributed by atoms with Crippen LogP contribution in [0.25, 0.3) is 100.0 Å². The number of nitrogens with two attached hydrogens (primary N) is 2. The second-order valence-corrected chi connectivity index (χ2v) is 23.6. The highest BCUT2D eigenvalue weighted by Gasteiger charge is 2.23. The molecule has 0 saturated carbocycles. The first-order valence-electron chi connectivity index (χ1n) is 29.1. The molecule has 0 fully saturated rings. The Bertz CT molecular complexity index is 5080. The minimum absolute atomic E-state index is 0. The first-order chi connectivity index (χ1) is 45.8. The summed E-state index contributed by atoms with van der Waals surface area (Å²) in [5.41, 5.74) is 22.4. The molecule has 8 aromatic carbocycles. The number of nitrogens with one attached hydrogen (secondary N) is 4. The van der Waals surface area contributed by atoms with Crippen LogP contribution in [-0.4, -0.2) is 77.4 Å². The molecular formula is C71H67Cl6IN12O7. The summed E-state index contributed by atoms with van der Waals surface area (Å²) in [4.78, 5) is 62.4. The number of hydrogen-bond acceptors (Lipinski definition) is 13. The Morgan fingerprint density at radius 3 is 1.29 bits per heavy atom. The number of rotatable bonds is 11. The summed E-state index contributed by atoms with van der Waals surface area (Å²) in [5, 5.41) is 7.99. The molecule has 0 aliphatic rings. The SMILES string of the molecule is C.COc1ccc(CN)c(OC)c1.COc1ccc(CNc2c(-c3nc4ccccc4[nH]3)c(=O)n(C)c3ccc(Cl)cc23)c(OC)c1.ClCCl.Cn1c(=O)c(-c2nc3ccccc3[nH]2)c(Cl)c2cc(Cl)ccc21.Cn1c(=O)c(-c2nc3ccccc3[nH]2)c(N)c2cc(Cl)ccc21.I. The highest BCUT2D eigenvalue weighted by atomic mass is 127. The van der Waals surface area contributed by atoms with Gasteiger partial charge in [0.2, 0.25) is 0 Å². The topological polar surface area (TPSA) is 253 Å². The maximum atomic E-state index is 13.6. The van der Waals surface area contributed by atoms with Gasteiger partial charge >= 0.3 is 0 Å². The molecule has 0 spiro atoms. The Morgan fingerprint density at radius 1 is 0.474 bits per heavy atom. The van der Waals surface area contributed by atoms with E-state index in [0.29, 0.717) is 90.2 Å². The predicted octanol–water partition coefficient (Wildman–Crippen LogP) is 16.9. The van der Waals surface area contributed by atoms with E-state index in [1.807, 2.05) is 121 Å². The number of nitrogens with zero attached hydrogens (tertiary/aromatic N) is 6. The summed E-state index contributed by atoms with van der Waals surface area (Å²) in [7, 11) is 11.6. The Balaban J connectivity index is 0.000000170. The number of para-hydroxylation sites is 6. The van der Waals surface area contributed by atoms with Crippen LogP contribution >= 0.6 is 93.6 Å². The van der Waals surface area contributed by atoms with Crippen LogP contribution in [0.1, 0.15) is 18.6 Å². The van der Waals surface area contributed by atoms with E-state index in [1.54, 1.807) is 106 Å². The van der Waals surface area contributed by atoms with Crippen LogP contribution in [0.15, 0.2) is 178 Å². The lowest BCUT2D eigenvalue weighted by Crippen LogP contribution is -2.22. The van der Waals surface area contributed by atoms with Gasteiger partial charge in [-0.3, -0.25) is 14.4 Å². The molecule has 0 aliphatic carbocycles. The van der Waals surface area contributed by atoms with Crippen molar-refractivity contribution in [3.8, 4) is 57.2 Å². The normalized spacial score (nSPS) is 10.7. The number of alkyl halides is 2. The van der Waals surface area contributed by atoms with Gasteiger partial charge in [-0.25, -0.2) is 15.0 Å². The number of nitrogen functional groups attached to an aromatic ring is 1. The van der Waals surface area contributed by atoms with Gasteiger partial charge in [0.05, 0.1) is 99.8 Å². The molecule has 19 nitrogen and oxygen atoms in total. The van der Waals surface area contributed by atoms with Gasteiger partial charge in [-0.1, -0.05) is 96.3 Å². The largest absolute Gasteiger partial charge is 0.497 e. The second-order valence-electron chi connectivity index (χ2n) is 21.1. The average molecular weight is 1540 g/mol. The number of ether oxygens (including phenoxy) is 4. The summed E-state index contributed by atoms with van der Waals surface area (Å²) in [6, 6.07) is 50.1. The number of aryl methyl sites for hydroxylation is 3. The molecular weight excluding hydrogens is 1470 g/mol. The second kappa shape index (κ2) is 32.8. The van der Waals surface area contributed by atoms with Crippen LogP contribution in [0.4, 0.5) is 11.4 Å². The van der Waals surface area contributed by atoms with E-state index < -0.39 is 0 Å². The van der Waals surface area contributed by atoms with Crippen LogP contribution in [-0.2, 0) is 34.2 Å². The molecule has 97 heavy (non-hydrogen) atoms. The first kappa shape index (κ1) is 73.8. The molecule has 14 aromatic rings. The molecule has 26 heteroatoms. The predicted molar refractivity (Wildman–Crippen MR) is 410 cm³/mol. The molecule has 0 radical (unpaired) electrons. The summed E-state index contributed by atoms with van der Waals surface area (Å²) in [5.74, 6) is 4.36. The molecule has 6 heterocycles. The van der Waals surface area contributed by atoms with Gasteiger partial charge in [-0.2, -0.15) is 0 Å². The summed E-state index contributed by atoms with van der Waals surface area (Å²) in [6.45, 7) is 0.891. The molecule has 0 atom stereocenters.